The molecule has 16 heavy (non-hydrogen) atoms. The summed E-state index contributed by atoms with van der Waals surface area (Å²) >= 11 is 12.0. The fourth-order valence-corrected chi connectivity index (χ4v) is 1.55. The highest BCUT2D eigenvalue weighted by Gasteiger charge is 2.05. The molecule has 0 aromatic heterocycles. The summed E-state index contributed by atoms with van der Waals surface area (Å²) in [5, 5.41) is 9.60. The van der Waals surface area contributed by atoms with Crippen LogP contribution in [-0.4, -0.2) is 18.8 Å². The van der Waals surface area contributed by atoms with Gasteiger partial charge in [0.1, 0.15) is 5.75 Å². The molecule has 0 aliphatic heterocycles. The first kappa shape index (κ1) is 13.2. The second kappa shape index (κ2) is 6.65. The van der Waals surface area contributed by atoms with E-state index in [0.717, 1.165) is 0 Å². The van der Waals surface area contributed by atoms with Crippen molar-refractivity contribution in [2.45, 2.75) is 12.8 Å². The minimum absolute atomic E-state index is 0.145. The van der Waals surface area contributed by atoms with Gasteiger partial charge in [0.2, 0.25) is 0 Å². The van der Waals surface area contributed by atoms with E-state index in [1.54, 1.807) is 12.1 Å². The van der Waals surface area contributed by atoms with Gasteiger partial charge in [-0.1, -0.05) is 35.0 Å². The number of aliphatic hydroxyl groups is 1. The van der Waals surface area contributed by atoms with Gasteiger partial charge in [-0.05, 0) is 12.5 Å². The van der Waals surface area contributed by atoms with Gasteiger partial charge in [-0.3, -0.25) is 0 Å². The molecule has 86 valence electrons. The van der Waals surface area contributed by atoms with Gasteiger partial charge < -0.3 is 9.84 Å². The van der Waals surface area contributed by atoms with E-state index < -0.39 is 0 Å². The van der Waals surface area contributed by atoms with E-state index in [9.17, 15) is 0 Å². The summed E-state index contributed by atoms with van der Waals surface area (Å²) in [5.41, 5.74) is 0.672. The van der Waals surface area contributed by atoms with Gasteiger partial charge in [0.05, 0.1) is 17.2 Å². The van der Waals surface area contributed by atoms with Crippen molar-refractivity contribution in [3.63, 3.8) is 0 Å². The third-order valence-corrected chi connectivity index (χ3v) is 2.53. The van der Waals surface area contributed by atoms with Crippen molar-refractivity contribution in [1.29, 1.82) is 0 Å². The maximum atomic E-state index is 8.60. The van der Waals surface area contributed by atoms with E-state index in [1.165, 1.54) is 7.11 Å². The van der Waals surface area contributed by atoms with E-state index in [2.05, 4.69) is 11.8 Å². The zero-order chi connectivity index (χ0) is 12.0. The molecule has 0 spiro atoms. The van der Waals surface area contributed by atoms with Crippen LogP contribution in [0.15, 0.2) is 12.1 Å². The Labute approximate surface area is 105 Å². The Morgan fingerprint density at radius 3 is 2.69 bits per heavy atom. The quantitative estimate of drug-likeness (QED) is 0.667. The van der Waals surface area contributed by atoms with Crippen molar-refractivity contribution in [3.8, 4) is 17.6 Å². The summed E-state index contributed by atoms with van der Waals surface area (Å²) < 4.78 is 5.03. The van der Waals surface area contributed by atoms with Gasteiger partial charge in [-0.25, -0.2) is 0 Å². The summed E-state index contributed by atoms with van der Waals surface area (Å²) in [6.07, 6.45) is 1.30. The number of aliphatic hydroxyl groups excluding tert-OH is 1. The highest BCUT2D eigenvalue weighted by molar-refractivity contribution is 6.35. The van der Waals surface area contributed by atoms with Gasteiger partial charge in [0.25, 0.3) is 0 Å². The number of ether oxygens (including phenoxy) is 1. The summed E-state index contributed by atoms with van der Waals surface area (Å²) in [7, 11) is 1.53. The van der Waals surface area contributed by atoms with Crippen LogP contribution < -0.4 is 4.74 Å². The van der Waals surface area contributed by atoms with E-state index in [4.69, 9.17) is 33.0 Å². The molecule has 0 atom stereocenters. The van der Waals surface area contributed by atoms with Crippen molar-refractivity contribution >= 4 is 23.2 Å². The molecule has 1 N–H and O–H groups in total. The molecule has 0 saturated carbocycles. The molecule has 0 aliphatic carbocycles. The van der Waals surface area contributed by atoms with Crippen LogP contribution in [0.25, 0.3) is 0 Å². The lowest BCUT2D eigenvalue weighted by atomic mass is 10.2. The highest BCUT2D eigenvalue weighted by atomic mass is 35.5. The Hall–Kier alpha value is -0.880. The molecule has 1 aromatic carbocycles. The Morgan fingerprint density at radius 1 is 1.31 bits per heavy atom. The molecule has 0 saturated heterocycles. The number of halogens is 2. The zero-order valence-electron chi connectivity index (χ0n) is 8.89. The maximum absolute atomic E-state index is 8.60. The standard InChI is InChI=1S/C12H12Cl2O2/c1-16-12-8-10(13)9(7-11(12)14)5-3-2-4-6-15/h7-8,15H,2,4,6H2,1H3. The molecule has 2 nitrogen and oxygen atoms in total. The fourth-order valence-electron chi connectivity index (χ4n) is 1.11. The molecular weight excluding hydrogens is 247 g/mol. The zero-order valence-corrected chi connectivity index (χ0v) is 10.4. The first-order valence-corrected chi connectivity index (χ1v) is 5.57. The molecule has 0 fully saturated rings. The van der Waals surface area contributed by atoms with Crippen molar-refractivity contribution in [3.05, 3.63) is 27.7 Å². The third-order valence-electron chi connectivity index (χ3n) is 1.92. The van der Waals surface area contributed by atoms with Gasteiger partial charge >= 0.3 is 0 Å². The molecule has 0 bridgehead atoms. The number of unbranched alkanes of at least 4 members (excludes halogenated alkanes) is 1. The van der Waals surface area contributed by atoms with Crippen molar-refractivity contribution in [1.82, 2.24) is 0 Å². The highest BCUT2D eigenvalue weighted by Crippen LogP contribution is 2.30. The molecule has 0 amide bonds. The van der Waals surface area contributed by atoms with Gasteiger partial charge in [0.15, 0.2) is 0 Å². The minimum Gasteiger partial charge on any atom is -0.495 e. The number of benzene rings is 1. The van der Waals surface area contributed by atoms with E-state index in [1.807, 2.05) is 0 Å². The smallest absolute Gasteiger partial charge is 0.139 e. The van der Waals surface area contributed by atoms with E-state index in [0.29, 0.717) is 34.2 Å². The largest absolute Gasteiger partial charge is 0.495 e. The molecule has 0 aliphatic rings. The number of methoxy groups -OCH3 is 1. The van der Waals surface area contributed by atoms with Crippen LogP contribution in [-0.2, 0) is 0 Å². The van der Waals surface area contributed by atoms with Crippen molar-refractivity contribution < 1.29 is 9.84 Å². The minimum atomic E-state index is 0.145. The third kappa shape index (κ3) is 3.61. The number of hydrogen-bond acceptors (Lipinski definition) is 2. The van der Waals surface area contributed by atoms with Crippen LogP contribution >= 0.6 is 23.2 Å². The Bertz CT molecular complexity index is 419. The van der Waals surface area contributed by atoms with Crippen molar-refractivity contribution in [2.75, 3.05) is 13.7 Å². The summed E-state index contributed by atoms with van der Waals surface area (Å²) in [6, 6.07) is 3.31. The Balaban J connectivity index is 2.87. The topological polar surface area (TPSA) is 29.5 Å². The number of hydrogen-bond donors (Lipinski definition) is 1. The lowest BCUT2D eigenvalue weighted by Gasteiger charge is -2.04. The van der Waals surface area contributed by atoms with Crippen LogP contribution in [0, 0.1) is 11.8 Å². The van der Waals surface area contributed by atoms with Gasteiger partial charge in [0, 0.05) is 24.7 Å². The van der Waals surface area contributed by atoms with E-state index in [-0.39, 0.29) is 6.61 Å². The lowest BCUT2D eigenvalue weighted by molar-refractivity contribution is 0.290. The SMILES string of the molecule is COc1cc(Cl)c(C#CCCCO)cc1Cl. The first-order valence-electron chi connectivity index (χ1n) is 4.81. The predicted molar refractivity (Wildman–Crippen MR) is 66.2 cm³/mol. The van der Waals surface area contributed by atoms with Gasteiger partial charge in [-0.15, -0.1) is 0 Å². The Kier molecular flexibility index (Phi) is 5.48. The molecule has 0 unspecified atom stereocenters. The van der Waals surface area contributed by atoms with Crippen LogP contribution in [0.2, 0.25) is 10.0 Å². The first-order chi connectivity index (χ1) is 7.69. The van der Waals surface area contributed by atoms with Gasteiger partial charge in [-0.2, -0.15) is 0 Å². The second-order valence-electron chi connectivity index (χ2n) is 3.10. The molecule has 1 aromatic rings. The maximum Gasteiger partial charge on any atom is 0.139 e. The van der Waals surface area contributed by atoms with Crippen LogP contribution in [0.4, 0.5) is 0 Å². The molecular formula is C12H12Cl2O2. The summed E-state index contributed by atoms with van der Waals surface area (Å²) in [6.45, 7) is 0.145. The molecule has 1 rings (SSSR count). The average molecular weight is 259 g/mol. The lowest BCUT2D eigenvalue weighted by Crippen LogP contribution is -1.86. The molecule has 4 heteroatoms. The second-order valence-corrected chi connectivity index (χ2v) is 3.91. The fraction of sp³-hybridized carbons (Fsp3) is 0.333. The predicted octanol–water partition coefficient (Wildman–Crippen LogP) is 3.13. The van der Waals surface area contributed by atoms with Crippen LogP contribution in [0.3, 0.4) is 0 Å². The number of rotatable bonds is 3. The summed E-state index contributed by atoms with van der Waals surface area (Å²) in [5.74, 6) is 6.36. The normalized spacial score (nSPS) is 9.50. The van der Waals surface area contributed by atoms with E-state index >= 15 is 0 Å². The molecule has 0 heterocycles. The Morgan fingerprint density at radius 2 is 2.06 bits per heavy atom. The monoisotopic (exact) mass is 258 g/mol. The average Bonchev–Trinajstić information content (AvgIpc) is 2.28. The van der Waals surface area contributed by atoms with Crippen LogP contribution in [0.1, 0.15) is 18.4 Å². The van der Waals surface area contributed by atoms with Crippen LogP contribution in [0.5, 0.6) is 5.75 Å². The molecule has 0 radical (unpaired) electrons. The summed E-state index contributed by atoms with van der Waals surface area (Å²) in [4.78, 5) is 0. The van der Waals surface area contributed by atoms with Crippen molar-refractivity contribution in [2.24, 2.45) is 0 Å².